The summed E-state index contributed by atoms with van der Waals surface area (Å²) in [5, 5.41) is 8.61. The van der Waals surface area contributed by atoms with Crippen molar-refractivity contribution < 1.29 is 22.5 Å². The molecule has 11 heteroatoms. The molecule has 4 aromatic heterocycles. The van der Waals surface area contributed by atoms with Crippen LogP contribution < -0.4 is 5.32 Å². The van der Waals surface area contributed by atoms with Crippen molar-refractivity contribution in [2.45, 2.75) is 20.0 Å². The number of hydrogen-bond acceptors (Lipinski definition) is 7. The van der Waals surface area contributed by atoms with Gasteiger partial charge in [-0.15, -0.1) is 11.3 Å². The fourth-order valence-electron chi connectivity index (χ4n) is 2.89. The summed E-state index contributed by atoms with van der Waals surface area (Å²) in [4.78, 5) is 25.0. The lowest BCUT2D eigenvalue weighted by Gasteiger charge is -2.06. The quantitative estimate of drug-likeness (QED) is 0.467. The van der Waals surface area contributed by atoms with Gasteiger partial charge in [-0.2, -0.15) is 13.2 Å². The van der Waals surface area contributed by atoms with E-state index >= 15 is 0 Å². The Labute approximate surface area is 178 Å². The number of amides is 1. The van der Waals surface area contributed by atoms with E-state index in [1.54, 1.807) is 11.6 Å². The number of aromatic nitrogens is 4. The number of hydrogen-bond donors (Lipinski definition) is 1. The lowest BCUT2D eigenvalue weighted by molar-refractivity contribution is -0.141. The van der Waals surface area contributed by atoms with Crippen molar-refractivity contribution in [2.75, 3.05) is 5.32 Å². The van der Waals surface area contributed by atoms with E-state index in [4.69, 9.17) is 4.52 Å². The standard InChI is InChI=1S/C20H14F3N5O2S/c1-10-4-3-7-24-16(10)13-9-31-19(26-13)27-18(29)15-11(2)30-28-17(15)12-5-6-14(25-8-12)20(21,22)23/h3-9H,1-2H3,(H,26,27,29). The largest absolute Gasteiger partial charge is 0.433 e. The highest BCUT2D eigenvalue weighted by Gasteiger charge is 2.32. The summed E-state index contributed by atoms with van der Waals surface area (Å²) in [6, 6.07) is 5.74. The van der Waals surface area contributed by atoms with E-state index in [1.807, 2.05) is 19.1 Å². The number of pyridine rings is 2. The average molecular weight is 445 g/mol. The fraction of sp³-hybridized carbons (Fsp3) is 0.150. The molecule has 1 N–H and O–H groups in total. The summed E-state index contributed by atoms with van der Waals surface area (Å²) in [6.07, 6.45) is -1.90. The first-order valence-corrected chi connectivity index (χ1v) is 9.81. The Morgan fingerprint density at radius 2 is 1.94 bits per heavy atom. The smallest absolute Gasteiger partial charge is 0.360 e. The van der Waals surface area contributed by atoms with Gasteiger partial charge in [-0.3, -0.25) is 20.1 Å². The average Bonchev–Trinajstić information content (AvgIpc) is 3.34. The van der Waals surface area contributed by atoms with Gasteiger partial charge in [-0.05, 0) is 37.6 Å². The van der Waals surface area contributed by atoms with E-state index < -0.39 is 17.8 Å². The Kier molecular flexibility index (Phi) is 5.27. The Bertz CT molecular complexity index is 1250. The molecule has 4 rings (SSSR count). The molecule has 0 fully saturated rings. The van der Waals surface area contributed by atoms with Gasteiger partial charge < -0.3 is 4.52 Å². The number of aryl methyl sites for hydroxylation is 2. The number of thiazole rings is 1. The summed E-state index contributed by atoms with van der Waals surface area (Å²) in [5.41, 5.74) is 1.63. The number of halogens is 3. The molecule has 0 aliphatic rings. The van der Waals surface area contributed by atoms with Crippen LogP contribution in [0.1, 0.15) is 27.4 Å². The second-order valence-corrected chi connectivity index (χ2v) is 7.41. The van der Waals surface area contributed by atoms with Crippen molar-refractivity contribution in [1.82, 2.24) is 20.1 Å². The number of anilines is 1. The molecule has 4 heterocycles. The van der Waals surface area contributed by atoms with E-state index in [2.05, 4.69) is 25.4 Å². The lowest BCUT2D eigenvalue weighted by Crippen LogP contribution is -2.13. The van der Waals surface area contributed by atoms with Crippen molar-refractivity contribution in [2.24, 2.45) is 0 Å². The number of alkyl halides is 3. The summed E-state index contributed by atoms with van der Waals surface area (Å²) in [6.45, 7) is 3.44. The van der Waals surface area contributed by atoms with Crippen LogP contribution in [0.4, 0.5) is 18.3 Å². The molecule has 0 aliphatic heterocycles. The monoisotopic (exact) mass is 445 g/mol. The third-order valence-electron chi connectivity index (χ3n) is 4.39. The van der Waals surface area contributed by atoms with Gasteiger partial charge >= 0.3 is 6.18 Å². The molecule has 7 nitrogen and oxygen atoms in total. The van der Waals surface area contributed by atoms with Crippen LogP contribution in [0.2, 0.25) is 0 Å². The molecule has 158 valence electrons. The van der Waals surface area contributed by atoms with Crippen LogP contribution in [0.5, 0.6) is 0 Å². The highest BCUT2D eigenvalue weighted by molar-refractivity contribution is 7.14. The molecular formula is C20H14F3N5O2S. The number of nitrogens with one attached hydrogen (secondary N) is 1. The minimum atomic E-state index is -4.56. The molecule has 0 radical (unpaired) electrons. The van der Waals surface area contributed by atoms with Crippen LogP contribution in [0.3, 0.4) is 0 Å². The summed E-state index contributed by atoms with van der Waals surface area (Å²) < 4.78 is 43.4. The Balaban J connectivity index is 1.59. The van der Waals surface area contributed by atoms with Gasteiger partial charge in [-0.25, -0.2) is 4.98 Å². The topological polar surface area (TPSA) is 93.8 Å². The Morgan fingerprint density at radius 3 is 2.61 bits per heavy atom. The molecule has 0 spiro atoms. The third-order valence-corrected chi connectivity index (χ3v) is 5.15. The minimum Gasteiger partial charge on any atom is -0.360 e. The molecule has 4 aromatic rings. The van der Waals surface area contributed by atoms with Crippen LogP contribution >= 0.6 is 11.3 Å². The molecule has 0 bridgehead atoms. The molecule has 0 atom stereocenters. The maximum Gasteiger partial charge on any atom is 0.433 e. The maximum absolute atomic E-state index is 12.9. The predicted octanol–water partition coefficient (Wildman–Crippen LogP) is 5.14. The van der Waals surface area contributed by atoms with Crippen LogP contribution in [0.25, 0.3) is 22.6 Å². The lowest BCUT2D eigenvalue weighted by atomic mass is 10.1. The van der Waals surface area contributed by atoms with Crippen molar-refractivity contribution in [3.8, 4) is 22.6 Å². The molecule has 0 saturated carbocycles. The van der Waals surface area contributed by atoms with Gasteiger partial charge in [0.1, 0.15) is 28.4 Å². The predicted molar refractivity (Wildman–Crippen MR) is 108 cm³/mol. The van der Waals surface area contributed by atoms with E-state index in [0.717, 1.165) is 17.8 Å². The highest BCUT2D eigenvalue weighted by atomic mass is 32.1. The highest BCUT2D eigenvalue weighted by Crippen LogP contribution is 2.31. The Hall–Kier alpha value is -3.60. The van der Waals surface area contributed by atoms with Crippen LogP contribution in [0, 0.1) is 13.8 Å². The van der Waals surface area contributed by atoms with E-state index in [1.165, 1.54) is 24.3 Å². The van der Waals surface area contributed by atoms with Crippen molar-refractivity contribution in [3.05, 3.63) is 64.6 Å². The normalized spacial score (nSPS) is 11.5. The first-order valence-electron chi connectivity index (χ1n) is 8.93. The molecule has 0 aliphatic carbocycles. The molecule has 0 unspecified atom stereocenters. The van der Waals surface area contributed by atoms with Gasteiger partial charge in [0, 0.05) is 23.3 Å². The van der Waals surface area contributed by atoms with Crippen molar-refractivity contribution >= 4 is 22.4 Å². The summed E-state index contributed by atoms with van der Waals surface area (Å²) in [5.74, 6) is -0.336. The summed E-state index contributed by atoms with van der Waals surface area (Å²) >= 11 is 1.22. The summed E-state index contributed by atoms with van der Waals surface area (Å²) in [7, 11) is 0. The number of nitrogens with zero attached hydrogens (tertiary/aromatic N) is 4. The minimum absolute atomic E-state index is 0.0901. The molecular weight excluding hydrogens is 431 g/mol. The fourth-order valence-corrected chi connectivity index (χ4v) is 3.58. The van der Waals surface area contributed by atoms with Crippen LogP contribution in [0.15, 0.2) is 46.6 Å². The van der Waals surface area contributed by atoms with E-state index in [-0.39, 0.29) is 22.6 Å². The van der Waals surface area contributed by atoms with Gasteiger partial charge in [0.05, 0.1) is 5.69 Å². The Morgan fingerprint density at radius 1 is 1.13 bits per heavy atom. The zero-order chi connectivity index (χ0) is 22.2. The second kappa shape index (κ2) is 7.91. The number of carbonyl (C=O) groups is 1. The first-order chi connectivity index (χ1) is 14.7. The van der Waals surface area contributed by atoms with Gasteiger partial charge in [0.2, 0.25) is 0 Å². The van der Waals surface area contributed by atoms with Crippen LogP contribution in [-0.4, -0.2) is 26.0 Å². The number of carbonyl (C=O) groups excluding carboxylic acids is 1. The third kappa shape index (κ3) is 4.17. The van der Waals surface area contributed by atoms with E-state index in [0.29, 0.717) is 16.5 Å². The van der Waals surface area contributed by atoms with Gasteiger partial charge in [-0.1, -0.05) is 11.2 Å². The second-order valence-electron chi connectivity index (χ2n) is 6.55. The van der Waals surface area contributed by atoms with Crippen LogP contribution in [-0.2, 0) is 6.18 Å². The zero-order valence-electron chi connectivity index (χ0n) is 16.2. The molecule has 0 aromatic carbocycles. The first kappa shape index (κ1) is 20.7. The van der Waals surface area contributed by atoms with Gasteiger partial charge in [0.25, 0.3) is 5.91 Å². The number of rotatable bonds is 4. The molecule has 0 saturated heterocycles. The molecule has 1 amide bonds. The zero-order valence-corrected chi connectivity index (χ0v) is 17.0. The van der Waals surface area contributed by atoms with Crippen molar-refractivity contribution in [1.29, 1.82) is 0 Å². The SMILES string of the molecule is Cc1cccnc1-c1csc(NC(=O)c2c(-c3ccc(C(F)(F)F)nc3)noc2C)n1. The van der Waals surface area contributed by atoms with Gasteiger partial charge in [0.15, 0.2) is 5.13 Å². The molecule has 31 heavy (non-hydrogen) atoms. The van der Waals surface area contributed by atoms with E-state index in [9.17, 15) is 18.0 Å². The maximum atomic E-state index is 12.9. The van der Waals surface area contributed by atoms with Crippen molar-refractivity contribution in [3.63, 3.8) is 0 Å².